The number of aromatic nitrogens is 3. The first kappa shape index (κ1) is 16.2. The van der Waals surface area contributed by atoms with E-state index in [1.54, 1.807) is 0 Å². The van der Waals surface area contributed by atoms with E-state index in [1.807, 2.05) is 25.6 Å². The van der Waals surface area contributed by atoms with E-state index in [-0.39, 0.29) is 11.9 Å². The highest BCUT2D eigenvalue weighted by Gasteiger charge is 2.17. The molecule has 6 nitrogen and oxygen atoms in total. The van der Waals surface area contributed by atoms with Gasteiger partial charge in [0, 0.05) is 19.0 Å². The van der Waals surface area contributed by atoms with Crippen LogP contribution in [0.25, 0.3) is 0 Å². The normalized spacial score (nSPS) is 16.4. The van der Waals surface area contributed by atoms with Gasteiger partial charge in [-0.3, -0.25) is 4.79 Å². The van der Waals surface area contributed by atoms with Gasteiger partial charge in [-0.1, -0.05) is 6.42 Å². The number of aryl methyl sites for hydroxylation is 1. The van der Waals surface area contributed by atoms with Crippen molar-refractivity contribution in [3.8, 4) is 0 Å². The average Bonchev–Trinajstić information content (AvgIpc) is 2.57. The van der Waals surface area contributed by atoms with E-state index >= 15 is 0 Å². The lowest BCUT2D eigenvalue weighted by Gasteiger charge is -2.14. The second kappa shape index (κ2) is 7.17. The van der Waals surface area contributed by atoms with E-state index < -0.39 is 0 Å². The van der Waals surface area contributed by atoms with Gasteiger partial charge in [0.05, 0.1) is 7.05 Å². The highest BCUT2D eigenvalue weighted by atomic mass is 32.1. The third-order valence-corrected chi connectivity index (χ3v) is 4.04. The van der Waals surface area contributed by atoms with Gasteiger partial charge >= 0.3 is 0 Å². The molecule has 0 saturated carbocycles. The van der Waals surface area contributed by atoms with Crippen LogP contribution in [0, 0.1) is 4.77 Å². The van der Waals surface area contributed by atoms with Crippen LogP contribution in [-0.4, -0.2) is 39.9 Å². The highest BCUT2D eigenvalue weighted by molar-refractivity contribution is 7.71. The quantitative estimate of drug-likeness (QED) is 0.760. The summed E-state index contributed by atoms with van der Waals surface area (Å²) in [6.07, 6.45) is 4.61. The Balaban J connectivity index is 2.00. The number of nitrogens with one attached hydrogen (secondary N) is 2. The van der Waals surface area contributed by atoms with Crippen molar-refractivity contribution >= 4 is 18.1 Å². The molecule has 2 heterocycles. The topological polar surface area (TPSA) is 56.3 Å². The van der Waals surface area contributed by atoms with Gasteiger partial charge in [-0.15, -0.1) is 0 Å². The summed E-state index contributed by atoms with van der Waals surface area (Å²) in [4.78, 5) is 12.9. The molecule has 1 aromatic rings. The van der Waals surface area contributed by atoms with Gasteiger partial charge in [0.25, 0.3) is 5.91 Å². The predicted molar refractivity (Wildman–Crippen MR) is 83.6 cm³/mol. The zero-order valence-electron chi connectivity index (χ0n) is 13.2. The van der Waals surface area contributed by atoms with Crippen LogP contribution in [0.3, 0.4) is 0 Å². The number of likely N-dealkylation sites (N-methyl/N-ethyl adjacent to an activating group) is 1. The molecule has 1 atom stereocenters. The Morgan fingerprint density at radius 2 is 2.19 bits per heavy atom. The van der Waals surface area contributed by atoms with Gasteiger partial charge < -0.3 is 14.8 Å². The largest absolute Gasteiger partial charge is 0.349 e. The number of fused-ring (bicyclic) bond motifs is 1. The minimum absolute atomic E-state index is 0.0646. The Hall–Kier alpha value is -1.21. The van der Waals surface area contributed by atoms with Gasteiger partial charge in [-0.05, 0) is 38.9 Å². The predicted octanol–water partition coefficient (Wildman–Crippen LogP) is 0.137. The lowest BCUT2D eigenvalue weighted by atomic mass is 10.2. The summed E-state index contributed by atoms with van der Waals surface area (Å²) in [5, 5.41) is 7.55. The van der Waals surface area contributed by atoms with E-state index in [4.69, 9.17) is 12.2 Å². The van der Waals surface area contributed by atoms with Crippen LogP contribution < -0.4 is 10.2 Å². The Bertz CT molecular complexity index is 548. The molecule has 0 aliphatic carbocycles. The fourth-order valence-corrected chi connectivity index (χ4v) is 2.99. The SMILES string of the molecule is CC(C)NC(=O)C[NH+](C)Cn1nc2n(c1=S)CCCCC2. The van der Waals surface area contributed by atoms with Crippen molar-refractivity contribution in [1.29, 1.82) is 0 Å². The van der Waals surface area contributed by atoms with Gasteiger partial charge in [0.1, 0.15) is 5.82 Å². The molecule has 1 aromatic heterocycles. The number of amides is 1. The van der Waals surface area contributed by atoms with Crippen LogP contribution in [0.15, 0.2) is 0 Å². The number of hydrogen-bond acceptors (Lipinski definition) is 3. The van der Waals surface area contributed by atoms with Crippen molar-refractivity contribution in [1.82, 2.24) is 19.7 Å². The van der Waals surface area contributed by atoms with Crippen LogP contribution in [0.4, 0.5) is 0 Å². The first-order chi connectivity index (χ1) is 9.97. The number of nitrogens with zero attached hydrogens (tertiary/aromatic N) is 3. The molecule has 2 rings (SSSR count). The smallest absolute Gasteiger partial charge is 0.275 e. The van der Waals surface area contributed by atoms with Crippen molar-refractivity contribution < 1.29 is 9.69 Å². The summed E-state index contributed by atoms with van der Waals surface area (Å²) in [5.41, 5.74) is 0. The van der Waals surface area contributed by atoms with Crippen LogP contribution in [0.1, 0.15) is 38.9 Å². The second-order valence-electron chi connectivity index (χ2n) is 6.17. The Morgan fingerprint density at radius 1 is 1.43 bits per heavy atom. The molecule has 21 heavy (non-hydrogen) atoms. The van der Waals surface area contributed by atoms with Crippen molar-refractivity contribution in [3.05, 3.63) is 10.6 Å². The van der Waals surface area contributed by atoms with E-state index in [9.17, 15) is 4.79 Å². The maximum absolute atomic E-state index is 11.8. The third-order valence-electron chi connectivity index (χ3n) is 3.61. The molecule has 1 aliphatic heterocycles. The molecule has 0 fully saturated rings. The number of rotatable bonds is 5. The van der Waals surface area contributed by atoms with Crippen molar-refractivity contribution in [2.45, 2.75) is 58.8 Å². The summed E-state index contributed by atoms with van der Waals surface area (Å²) < 4.78 is 4.81. The van der Waals surface area contributed by atoms with Gasteiger partial charge in [0.2, 0.25) is 4.77 Å². The van der Waals surface area contributed by atoms with Crippen molar-refractivity contribution in [2.24, 2.45) is 0 Å². The van der Waals surface area contributed by atoms with Gasteiger partial charge in [-0.25, -0.2) is 0 Å². The first-order valence-corrected chi connectivity index (χ1v) is 8.15. The molecule has 0 spiro atoms. The number of hydrogen-bond donors (Lipinski definition) is 2. The zero-order valence-corrected chi connectivity index (χ0v) is 14.0. The maximum atomic E-state index is 11.8. The maximum Gasteiger partial charge on any atom is 0.275 e. The molecule has 7 heteroatoms. The molecular formula is C14H26N5OS+. The van der Waals surface area contributed by atoms with E-state index in [2.05, 4.69) is 15.0 Å². The van der Waals surface area contributed by atoms with E-state index in [0.29, 0.717) is 13.2 Å². The Morgan fingerprint density at radius 3 is 2.90 bits per heavy atom. The first-order valence-electron chi connectivity index (χ1n) is 7.74. The molecule has 0 aromatic carbocycles. The standard InChI is InChI=1S/C14H25N5OS/c1-11(2)15-13(20)9-17(3)10-19-14(21)18-8-6-4-5-7-12(18)16-19/h11H,4-10H2,1-3H3,(H,15,20)/p+1. The summed E-state index contributed by atoms with van der Waals surface area (Å²) in [6.45, 7) is 5.97. The molecular weight excluding hydrogens is 286 g/mol. The lowest BCUT2D eigenvalue weighted by Crippen LogP contribution is -3.09. The van der Waals surface area contributed by atoms with Crippen LogP contribution >= 0.6 is 12.2 Å². The highest BCUT2D eigenvalue weighted by Crippen LogP contribution is 2.13. The third kappa shape index (κ3) is 4.38. The number of carbonyl (C=O) groups excluding carboxylic acids is 1. The van der Waals surface area contributed by atoms with E-state index in [1.165, 1.54) is 19.3 Å². The summed E-state index contributed by atoms with van der Waals surface area (Å²) in [5.74, 6) is 1.16. The minimum Gasteiger partial charge on any atom is -0.349 e. The summed E-state index contributed by atoms with van der Waals surface area (Å²) in [6, 6.07) is 0.177. The Kier molecular flexibility index (Phi) is 5.52. The van der Waals surface area contributed by atoms with Crippen LogP contribution in [-0.2, 0) is 24.4 Å². The van der Waals surface area contributed by atoms with Crippen LogP contribution in [0.2, 0.25) is 0 Å². The molecule has 0 saturated heterocycles. The summed E-state index contributed by atoms with van der Waals surface area (Å²) >= 11 is 5.52. The zero-order chi connectivity index (χ0) is 15.4. The average molecular weight is 312 g/mol. The van der Waals surface area contributed by atoms with E-state index in [0.717, 1.165) is 28.5 Å². The second-order valence-corrected chi connectivity index (χ2v) is 6.54. The van der Waals surface area contributed by atoms with Gasteiger partial charge in [-0.2, -0.15) is 9.78 Å². The number of quaternary nitrogens is 1. The molecule has 0 radical (unpaired) electrons. The van der Waals surface area contributed by atoms with Crippen molar-refractivity contribution in [2.75, 3.05) is 13.6 Å². The molecule has 118 valence electrons. The van der Waals surface area contributed by atoms with Crippen LogP contribution in [0.5, 0.6) is 0 Å². The molecule has 1 amide bonds. The Labute approximate surface area is 131 Å². The molecule has 1 aliphatic rings. The molecule has 0 bridgehead atoms. The summed E-state index contributed by atoms with van der Waals surface area (Å²) in [7, 11) is 1.99. The fourth-order valence-electron chi connectivity index (χ4n) is 2.69. The molecule has 2 N–H and O–H groups in total. The minimum atomic E-state index is 0.0646. The molecule has 1 unspecified atom stereocenters. The van der Waals surface area contributed by atoms with Gasteiger partial charge in [0.15, 0.2) is 13.2 Å². The lowest BCUT2D eigenvalue weighted by molar-refractivity contribution is -0.895. The fraction of sp³-hybridized carbons (Fsp3) is 0.786. The van der Waals surface area contributed by atoms with Crippen molar-refractivity contribution in [3.63, 3.8) is 0 Å². The monoisotopic (exact) mass is 312 g/mol. The number of carbonyl (C=O) groups is 1.